The summed E-state index contributed by atoms with van der Waals surface area (Å²) in [6.07, 6.45) is 0.542. The number of esters is 1. The van der Waals surface area contributed by atoms with Gasteiger partial charge in [-0.2, -0.15) is 8.42 Å². The molecule has 6 heteroatoms. The number of hydrogen-bond acceptors (Lipinski definition) is 4. The molecule has 1 saturated heterocycles. The molecular weight excluding hydrogens is 184 g/mol. The van der Waals surface area contributed by atoms with Gasteiger partial charge in [0.15, 0.2) is 0 Å². The molecule has 5 nitrogen and oxygen atoms in total. The smallest absolute Gasteiger partial charge is 0.306 e. The first-order valence-electron chi connectivity index (χ1n) is 3.58. The normalized spacial score (nSPS) is 24.1. The molecule has 1 rings (SSSR count). The van der Waals surface area contributed by atoms with Gasteiger partial charge in [0.2, 0.25) is 0 Å². The summed E-state index contributed by atoms with van der Waals surface area (Å²) in [5, 5.41) is 0. The van der Waals surface area contributed by atoms with Gasteiger partial charge in [0, 0.05) is 5.92 Å². The molecule has 1 aliphatic heterocycles. The minimum Gasteiger partial charge on any atom is -0.465 e. The minimum atomic E-state index is -3.90. The molecule has 1 heterocycles. The van der Waals surface area contributed by atoms with E-state index in [9.17, 15) is 13.2 Å². The second-order valence-corrected chi connectivity index (χ2v) is 4.40. The number of rotatable bonds is 3. The highest BCUT2D eigenvalue weighted by atomic mass is 32.2. The van der Waals surface area contributed by atoms with Crippen LogP contribution < -0.4 is 0 Å². The molecule has 1 aliphatic rings. The van der Waals surface area contributed by atoms with Crippen LogP contribution in [0.4, 0.5) is 0 Å². The van der Waals surface area contributed by atoms with E-state index in [1.54, 1.807) is 0 Å². The lowest BCUT2D eigenvalue weighted by atomic mass is 10.1. The van der Waals surface area contributed by atoms with E-state index in [1.165, 1.54) is 0 Å². The Hall–Kier alpha value is -0.620. The van der Waals surface area contributed by atoms with Crippen molar-refractivity contribution in [3.05, 3.63) is 0 Å². The molecule has 1 unspecified atom stereocenters. The van der Waals surface area contributed by atoms with E-state index in [4.69, 9.17) is 4.55 Å². The van der Waals surface area contributed by atoms with Gasteiger partial charge in [0.25, 0.3) is 10.1 Å². The van der Waals surface area contributed by atoms with Crippen LogP contribution in [0.5, 0.6) is 0 Å². The van der Waals surface area contributed by atoms with Crippen LogP contribution >= 0.6 is 0 Å². The molecule has 0 saturated carbocycles. The summed E-state index contributed by atoms with van der Waals surface area (Å²) in [6, 6.07) is 0. The van der Waals surface area contributed by atoms with E-state index in [1.807, 2.05) is 0 Å². The van der Waals surface area contributed by atoms with E-state index >= 15 is 0 Å². The van der Waals surface area contributed by atoms with Crippen molar-refractivity contribution in [1.82, 2.24) is 0 Å². The summed E-state index contributed by atoms with van der Waals surface area (Å²) >= 11 is 0. The number of carbonyl (C=O) groups is 1. The maximum absolute atomic E-state index is 10.5. The lowest BCUT2D eigenvalue weighted by Gasteiger charge is -2.02. The maximum Gasteiger partial charge on any atom is 0.306 e. The third kappa shape index (κ3) is 3.19. The fourth-order valence-corrected chi connectivity index (χ4v) is 1.70. The molecule has 1 fully saturated rings. The second-order valence-electron chi connectivity index (χ2n) is 2.83. The van der Waals surface area contributed by atoms with Gasteiger partial charge in [-0.3, -0.25) is 9.35 Å². The highest BCUT2D eigenvalue weighted by Gasteiger charge is 2.24. The third-order valence-corrected chi connectivity index (χ3v) is 2.47. The third-order valence-electron chi connectivity index (χ3n) is 1.72. The first-order chi connectivity index (χ1) is 5.47. The van der Waals surface area contributed by atoms with Crippen LogP contribution in [0.15, 0.2) is 0 Å². The van der Waals surface area contributed by atoms with Crippen LogP contribution in [0.25, 0.3) is 0 Å². The van der Waals surface area contributed by atoms with Gasteiger partial charge >= 0.3 is 5.97 Å². The first-order valence-corrected chi connectivity index (χ1v) is 5.19. The summed E-state index contributed by atoms with van der Waals surface area (Å²) in [5.74, 6) is -0.649. The first kappa shape index (κ1) is 9.47. The summed E-state index contributed by atoms with van der Waals surface area (Å²) in [5.41, 5.74) is 0. The fraction of sp³-hybridized carbons (Fsp3) is 0.833. The number of ether oxygens (including phenoxy) is 1. The van der Waals surface area contributed by atoms with E-state index < -0.39 is 10.1 Å². The number of carbonyl (C=O) groups excluding carboxylic acids is 1. The average Bonchev–Trinajstić information content (AvgIpc) is 2.30. The molecule has 70 valence electrons. The molecule has 12 heavy (non-hydrogen) atoms. The molecule has 0 aliphatic carbocycles. The van der Waals surface area contributed by atoms with Crippen LogP contribution in [0, 0.1) is 5.92 Å². The van der Waals surface area contributed by atoms with Crippen LogP contribution in [0.2, 0.25) is 0 Å². The van der Waals surface area contributed by atoms with Crippen molar-refractivity contribution in [2.75, 3.05) is 12.4 Å². The van der Waals surface area contributed by atoms with Gasteiger partial charge in [-0.05, 0) is 6.42 Å². The lowest BCUT2D eigenvalue weighted by Crippen LogP contribution is -2.10. The Morgan fingerprint density at radius 2 is 2.25 bits per heavy atom. The highest BCUT2D eigenvalue weighted by Crippen LogP contribution is 2.17. The predicted octanol–water partition coefficient (Wildman–Crippen LogP) is -0.173. The van der Waals surface area contributed by atoms with Crippen LogP contribution in [-0.4, -0.2) is 31.3 Å². The van der Waals surface area contributed by atoms with E-state index in [0.717, 1.165) is 0 Å². The molecule has 0 radical (unpaired) electrons. The van der Waals surface area contributed by atoms with Gasteiger partial charge < -0.3 is 4.74 Å². The Balaban J connectivity index is 2.30. The quantitative estimate of drug-likeness (QED) is 0.498. The van der Waals surface area contributed by atoms with Crippen LogP contribution in [0.3, 0.4) is 0 Å². The van der Waals surface area contributed by atoms with E-state index in [-0.39, 0.29) is 37.1 Å². The van der Waals surface area contributed by atoms with Crippen molar-refractivity contribution in [1.29, 1.82) is 0 Å². The lowest BCUT2D eigenvalue weighted by molar-refractivity contribution is -0.137. The fourth-order valence-electron chi connectivity index (χ4n) is 1.07. The molecule has 0 amide bonds. The molecule has 1 N–H and O–H groups in total. The minimum absolute atomic E-state index is 0.0561. The summed E-state index contributed by atoms with van der Waals surface area (Å²) < 4.78 is 33.6. The van der Waals surface area contributed by atoms with Gasteiger partial charge in [-0.15, -0.1) is 0 Å². The van der Waals surface area contributed by atoms with E-state index in [2.05, 4.69) is 4.74 Å². The standard InChI is InChI=1S/C6H10O5S/c7-6-3-5(4-11-6)1-2-12(8,9)10/h5H,1-4H2,(H,8,9,10). The highest BCUT2D eigenvalue weighted by molar-refractivity contribution is 7.85. The molecule has 0 bridgehead atoms. The topological polar surface area (TPSA) is 80.7 Å². The van der Waals surface area contributed by atoms with Gasteiger partial charge in [0.05, 0.1) is 18.8 Å². The van der Waals surface area contributed by atoms with E-state index in [0.29, 0.717) is 0 Å². The summed E-state index contributed by atoms with van der Waals surface area (Å²) in [7, 11) is -3.90. The maximum atomic E-state index is 10.5. The average molecular weight is 194 g/mol. The Morgan fingerprint density at radius 1 is 1.58 bits per heavy atom. The monoisotopic (exact) mass is 194 g/mol. The zero-order chi connectivity index (χ0) is 9.19. The number of cyclic esters (lactones) is 1. The zero-order valence-corrected chi connectivity index (χ0v) is 7.21. The second kappa shape index (κ2) is 3.40. The zero-order valence-electron chi connectivity index (χ0n) is 6.39. The molecule has 1 atom stereocenters. The van der Waals surface area contributed by atoms with Crippen LogP contribution in [0.1, 0.15) is 12.8 Å². The molecule has 0 aromatic rings. The van der Waals surface area contributed by atoms with Crippen molar-refractivity contribution < 1.29 is 22.5 Å². The summed E-state index contributed by atoms with van der Waals surface area (Å²) in [4.78, 5) is 10.5. The Labute approximate surface area is 70.5 Å². The molecule has 0 aromatic carbocycles. The van der Waals surface area contributed by atoms with Gasteiger partial charge in [-0.1, -0.05) is 0 Å². The predicted molar refractivity (Wildman–Crippen MR) is 40.1 cm³/mol. The largest absolute Gasteiger partial charge is 0.465 e. The number of hydrogen-bond donors (Lipinski definition) is 1. The van der Waals surface area contributed by atoms with Crippen molar-refractivity contribution in [2.24, 2.45) is 5.92 Å². The van der Waals surface area contributed by atoms with Crippen molar-refractivity contribution in [3.63, 3.8) is 0 Å². The summed E-state index contributed by atoms with van der Waals surface area (Å²) in [6.45, 7) is 0.272. The Kier molecular flexibility index (Phi) is 2.69. The molecule has 0 aromatic heterocycles. The SMILES string of the molecule is O=C1CC(CCS(=O)(=O)O)CO1. The van der Waals surface area contributed by atoms with Gasteiger partial charge in [-0.25, -0.2) is 0 Å². The Bertz CT molecular complexity index is 268. The van der Waals surface area contributed by atoms with Crippen molar-refractivity contribution in [3.8, 4) is 0 Å². The van der Waals surface area contributed by atoms with Crippen LogP contribution in [-0.2, 0) is 19.6 Å². The Morgan fingerprint density at radius 3 is 2.67 bits per heavy atom. The molecule has 0 spiro atoms. The van der Waals surface area contributed by atoms with Crippen molar-refractivity contribution in [2.45, 2.75) is 12.8 Å². The molecular formula is C6H10O5S. The van der Waals surface area contributed by atoms with Crippen molar-refractivity contribution >= 4 is 16.1 Å². The van der Waals surface area contributed by atoms with Gasteiger partial charge in [0.1, 0.15) is 0 Å².